The zero-order valence-electron chi connectivity index (χ0n) is 9.33. The van der Waals surface area contributed by atoms with Crippen LogP contribution in [0.5, 0.6) is 0 Å². The summed E-state index contributed by atoms with van der Waals surface area (Å²) in [6.45, 7) is 1.98. The van der Waals surface area contributed by atoms with E-state index in [1.165, 1.54) is 0 Å². The number of aliphatic hydroxyl groups is 1. The summed E-state index contributed by atoms with van der Waals surface area (Å²) in [7, 11) is 0. The normalized spacial score (nSPS) is 20.3. The summed E-state index contributed by atoms with van der Waals surface area (Å²) in [5, 5.41) is 16.9. The van der Waals surface area contributed by atoms with Gasteiger partial charge in [0.05, 0.1) is 11.4 Å². The van der Waals surface area contributed by atoms with Crippen molar-refractivity contribution in [2.75, 3.05) is 30.3 Å². The van der Waals surface area contributed by atoms with Crippen molar-refractivity contribution in [3.8, 4) is 0 Å². The van der Waals surface area contributed by atoms with Gasteiger partial charge in [0.15, 0.2) is 11.0 Å². The van der Waals surface area contributed by atoms with Gasteiger partial charge in [-0.1, -0.05) is 0 Å². The molecule has 90 valence electrons. The van der Waals surface area contributed by atoms with Crippen LogP contribution in [0, 0.1) is 5.92 Å². The topological polar surface area (TPSA) is 88.4 Å². The minimum atomic E-state index is 0.228. The highest BCUT2D eigenvalue weighted by atomic mass is 16.6. The molecule has 17 heavy (non-hydrogen) atoms. The van der Waals surface area contributed by atoms with Gasteiger partial charge in [-0.25, -0.2) is 4.63 Å². The summed E-state index contributed by atoms with van der Waals surface area (Å²) >= 11 is 0. The van der Waals surface area contributed by atoms with E-state index < -0.39 is 0 Å². The van der Waals surface area contributed by atoms with Gasteiger partial charge >= 0.3 is 0 Å². The Hall–Kier alpha value is -1.82. The summed E-state index contributed by atoms with van der Waals surface area (Å²) in [6.07, 6.45) is 0.994. The van der Waals surface area contributed by atoms with Crippen LogP contribution in [0.1, 0.15) is 6.42 Å². The molecule has 6 heteroatoms. The van der Waals surface area contributed by atoms with Gasteiger partial charge in [0.2, 0.25) is 0 Å². The van der Waals surface area contributed by atoms with Crippen LogP contribution < -0.4 is 10.6 Å². The van der Waals surface area contributed by atoms with E-state index in [2.05, 4.69) is 15.2 Å². The Morgan fingerprint density at radius 2 is 2.24 bits per heavy atom. The highest BCUT2D eigenvalue weighted by Gasteiger charge is 2.24. The highest BCUT2D eigenvalue weighted by molar-refractivity contribution is 5.95. The van der Waals surface area contributed by atoms with E-state index in [-0.39, 0.29) is 6.61 Å². The molecule has 1 aromatic heterocycles. The molecule has 6 nitrogen and oxygen atoms in total. The molecule has 0 radical (unpaired) electrons. The zero-order valence-corrected chi connectivity index (χ0v) is 9.33. The van der Waals surface area contributed by atoms with E-state index in [1.54, 1.807) is 0 Å². The van der Waals surface area contributed by atoms with E-state index in [9.17, 15) is 0 Å². The van der Waals surface area contributed by atoms with Crippen LogP contribution in [0.25, 0.3) is 11.0 Å². The van der Waals surface area contributed by atoms with Crippen LogP contribution in [0.15, 0.2) is 16.8 Å². The SMILES string of the molecule is Nc1ccc(N2CCC(CO)C2)c2nonc12. The number of hydrogen-bond donors (Lipinski definition) is 2. The molecule has 1 atom stereocenters. The molecular formula is C11H14N4O2. The molecule has 1 aromatic carbocycles. The van der Waals surface area contributed by atoms with Gasteiger partial charge in [0.25, 0.3) is 0 Å². The molecule has 0 aliphatic carbocycles. The van der Waals surface area contributed by atoms with Crippen molar-refractivity contribution < 1.29 is 9.74 Å². The summed E-state index contributed by atoms with van der Waals surface area (Å²) in [4.78, 5) is 2.19. The number of benzene rings is 1. The predicted molar refractivity (Wildman–Crippen MR) is 63.6 cm³/mol. The monoisotopic (exact) mass is 234 g/mol. The van der Waals surface area contributed by atoms with Crippen molar-refractivity contribution in [2.24, 2.45) is 5.92 Å². The number of rotatable bonds is 2. The molecular weight excluding hydrogens is 220 g/mol. The molecule has 0 saturated carbocycles. The molecule has 1 unspecified atom stereocenters. The summed E-state index contributed by atoms with van der Waals surface area (Å²) in [5.41, 5.74) is 8.66. The molecule has 1 aliphatic rings. The number of nitrogens with two attached hydrogens (primary N) is 1. The molecule has 1 aliphatic heterocycles. The summed E-state index contributed by atoms with van der Waals surface area (Å²) < 4.78 is 4.74. The number of anilines is 2. The first kappa shape index (κ1) is 10.3. The van der Waals surface area contributed by atoms with Crippen molar-refractivity contribution in [1.29, 1.82) is 0 Å². The van der Waals surface area contributed by atoms with Crippen molar-refractivity contribution in [2.45, 2.75) is 6.42 Å². The first-order chi connectivity index (χ1) is 8.29. The molecule has 3 rings (SSSR count). The Balaban J connectivity index is 2.01. The lowest BCUT2D eigenvalue weighted by Crippen LogP contribution is -2.20. The number of aromatic nitrogens is 2. The standard InChI is InChI=1S/C11H14N4O2/c12-8-1-2-9(11-10(8)13-17-14-11)15-4-3-7(5-15)6-16/h1-2,7,16H,3-6,12H2. The van der Waals surface area contributed by atoms with Gasteiger partial charge < -0.3 is 15.7 Å². The maximum Gasteiger partial charge on any atom is 0.160 e. The number of nitrogen functional groups attached to an aromatic ring is 1. The quantitative estimate of drug-likeness (QED) is 0.741. The summed E-state index contributed by atoms with van der Waals surface area (Å²) in [5.74, 6) is 0.336. The summed E-state index contributed by atoms with van der Waals surface area (Å²) in [6, 6.07) is 3.75. The van der Waals surface area contributed by atoms with Crippen LogP contribution >= 0.6 is 0 Å². The average Bonchev–Trinajstić information content (AvgIpc) is 2.98. The molecule has 1 saturated heterocycles. The predicted octanol–water partition coefficient (Wildman–Crippen LogP) is 0.624. The zero-order chi connectivity index (χ0) is 11.8. The van der Waals surface area contributed by atoms with E-state index in [0.29, 0.717) is 22.6 Å². The second-order valence-electron chi connectivity index (χ2n) is 4.42. The Labute approximate surface area is 98.0 Å². The van der Waals surface area contributed by atoms with Gasteiger partial charge in [-0.15, -0.1) is 0 Å². The first-order valence-electron chi connectivity index (χ1n) is 5.66. The van der Waals surface area contributed by atoms with Crippen LogP contribution in [0.3, 0.4) is 0 Å². The van der Waals surface area contributed by atoms with Crippen molar-refractivity contribution >= 4 is 22.4 Å². The second kappa shape index (κ2) is 3.89. The lowest BCUT2D eigenvalue weighted by atomic mass is 10.1. The maximum absolute atomic E-state index is 9.15. The molecule has 3 N–H and O–H groups in total. The lowest BCUT2D eigenvalue weighted by Gasteiger charge is -2.18. The van der Waals surface area contributed by atoms with Gasteiger partial charge in [0, 0.05) is 25.6 Å². The fourth-order valence-corrected chi connectivity index (χ4v) is 2.33. The number of hydrogen-bond acceptors (Lipinski definition) is 6. The number of aliphatic hydroxyl groups excluding tert-OH is 1. The fraction of sp³-hybridized carbons (Fsp3) is 0.455. The highest BCUT2D eigenvalue weighted by Crippen LogP contribution is 2.31. The molecule has 0 bridgehead atoms. The second-order valence-corrected chi connectivity index (χ2v) is 4.42. The molecule has 2 aromatic rings. The van der Waals surface area contributed by atoms with Gasteiger partial charge in [-0.05, 0) is 28.9 Å². The van der Waals surface area contributed by atoms with E-state index in [0.717, 1.165) is 25.2 Å². The Bertz CT molecular complexity index is 539. The molecule has 0 amide bonds. The largest absolute Gasteiger partial charge is 0.397 e. The Morgan fingerprint density at radius 3 is 3.00 bits per heavy atom. The Morgan fingerprint density at radius 1 is 1.41 bits per heavy atom. The number of nitrogens with zero attached hydrogens (tertiary/aromatic N) is 3. The van der Waals surface area contributed by atoms with E-state index in [1.807, 2.05) is 12.1 Å². The van der Waals surface area contributed by atoms with E-state index in [4.69, 9.17) is 15.5 Å². The maximum atomic E-state index is 9.15. The van der Waals surface area contributed by atoms with Crippen LogP contribution in [-0.2, 0) is 0 Å². The van der Waals surface area contributed by atoms with Crippen molar-refractivity contribution in [3.05, 3.63) is 12.1 Å². The van der Waals surface area contributed by atoms with Crippen molar-refractivity contribution in [1.82, 2.24) is 10.3 Å². The lowest BCUT2D eigenvalue weighted by molar-refractivity contribution is 0.238. The average molecular weight is 234 g/mol. The Kier molecular flexibility index (Phi) is 2.36. The van der Waals surface area contributed by atoms with Gasteiger partial charge in [-0.2, -0.15) is 0 Å². The van der Waals surface area contributed by atoms with Crippen LogP contribution in [0.4, 0.5) is 11.4 Å². The minimum Gasteiger partial charge on any atom is -0.397 e. The van der Waals surface area contributed by atoms with Crippen LogP contribution in [-0.4, -0.2) is 35.1 Å². The smallest absolute Gasteiger partial charge is 0.160 e. The fourth-order valence-electron chi connectivity index (χ4n) is 2.33. The molecule has 0 spiro atoms. The van der Waals surface area contributed by atoms with Gasteiger partial charge in [0.1, 0.15) is 0 Å². The van der Waals surface area contributed by atoms with Crippen molar-refractivity contribution in [3.63, 3.8) is 0 Å². The molecule has 2 heterocycles. The van der Waals surface area contributed by atoms with E-state index >= 15 is 0 Å². The third-order valence-corrected chi connectivity index (χ3v) is 3.31. The first-order valence-corrected chi connectivity index (χ1v) is 5.66. The van der Waals surface area contributed by atoms with Gasteiger partial charge in [-0.3, -0.25) is 0 Å². The van der Waals surface area contributed by atoms with Crippen LogP contribution in [0.2, 0.25) is 0 Å². The number of fused-ring (bicyclic) bond motifs is 1. The minimum absolute atomic E-state index is 0.228. The molecule has 1 fully saturated rings. The third-order valence-electron chi connectivity index (χ3n) is 3.31. The third kappa shape index (κ3) is 1.61.